The monoisotopic (exact) mass is 354 g/mol. The van der Waals surface area contributed by atoms with E-state index in [1.54, 1.807) is 45.0 Å². The van der Waals surface area contributed by atoms with Crippen LogP contribution in [-0.4, -0.2) is 21.7 Å². The van der Waals surface area contributed by atoms with E-state index in [9.17, 15) is 4.79 Å². The van der Waals surface area contributed by atoms with E-state index in [-0.39, 0.29) is 5.28 Å². The Balaban J connectivity index is 2.21. The number of nitrogens with zero attached hydrogens (tertiary/aromatic N) is 2. The Morgan fingerprint density at radius 2 is 1.83 bits per heavy atom. The van der Waals surface area contributed by atoms with Crippen LogP contribution in [0, 0.1) is 0 Å². The molecule has 0 aliphatic heterocycles. The first-order chi connectivity index (χ1) is 10.7. The molecule has 0 saturated carbocycles. The predicted molar refractivity (Wildman–Crippen MR) is 91.6 cm³/mol. The number of ether oxygens (including phenoxy) is 1. The molecule has 0 spiro atoms. The van der Waals surface area contributed by atoms with E-state index in [2.05, 4.69) is 20.6 Å². The van der Waals surface area contributed by atoms with Gasteiger partial charge in [-0.3, -0.25) is 5.32 Å². The summed E-state index contributed by atoms with van der Waals surface area (Å²) in [6.45, 7) is 5.37. The largest absolute Gasteiger partial charge is 0.444 e. The molecule has 0 saturated heterocycles. The number of amides is 1. The van der Waals surface area contributed by atoms with Gasteiger partial charge in [0, 0.05) is 0 Å². The molecular weight excluding hydrogens is 339 g/mol. The molecule has 0 bridgehead atoms. The number of anilines is 3. The summed E-state index contributed by atoms with van der Waals surface area (Å²) in [6.07, 6.45) is 0.835. The lowest BCUT2D eigenvalue weighted by molar-refractivity contribution is 0.0636. The van der Waals surface area contributed by atoms with E-state index < -0.39 is 11.7 Å². The third kappa shape index (κ3) is 5.26. The average Bonchev–Trinajstić information content (AvgIpc) is 2.43. The predicted octanol–water partition coefficient (Wildman–Crippen LogP) is 4.87. The molecule has 0 aliphatic rings. The normalized spacial score (nSPS) is 11.0. The van der Waals surface area contributed by atoms with Crippen molar-refractivity contribution in [2.45, 2.75) is 26.4 Å². The van der Waals surface area contributed by atoms with E-state index in [0.29, 0.717) is 22.2 Å². The number of nitrogens with one attached hydrogen (secondary N) is 2. The second-order valence-corrected chi connectivity index (χ2v) is 6.38. The number of hydrogen-bond donors (Lipinski definition) is 2. The highest BCUT2D eigenvalue weighted by atomic mass is 35.5. The third-order valence-corrected chi connectivity index (χ3v) is 2.99. The summed E-state index contributed by atoms with van der Waals surface area (Å²) in [5.41, 5.74) is 0.526. The molecule has 1 amide bonds. The Morgan fingerprint density at radius 1 is 1.17 bits per heavy atom. The maximum Gasteiger partial charge on any atom is 0.412 e. The number of carbonyl (C=O) groups is 1. The van der Waals surface area contributed by atoms with E-state index in [4.69, 9.17) is 27.9 Å². The number of para-hydroxylation sites is 2. The van der Waals surface area contributed by atoms with E-state index in [1.807, 2.05) is 0 Å². The highest BCUT2D eigenvalue weighted by molar-refractivity contribution is 6.33. The van der Waals surface area contributed by atoms with E-state index >= 15 is 0 Å². The molecule has 1 aromatic heterocycles. The lowest BCUT2D eigenvalue weighted by Crippen LogP contribution is -2.27. The van der Waals surface area contributed by atoms with Crippen LogP contribution < -0.4 is 10.6 Å². The number of hydrogen-bond acceptors (Lipinski definition) is 5. The first-order valence-corrected chi connectivity index (χ1v) is 7.54. The molecule has 8 heteroatoms. The first kappa shape index (κ1) is 17.3. The minimum Gasteiger partial charge on any atom is -0.444 e. The fourth-order valence-corrected chi connectivity index (χ4v) is 1.95. The van der Waals surface area contributed by atoms with Crippen molar-refractivity contribution in [2.24, 2.45) is 0 Å². The lowest BCUT2D eigenvalue weighted by Gasteiger charge is -2.20. The zero-order chi connectivity index (χ0) is 17.0. The Kier molecular flexibility index (Phi) is 5.28. The van der Waals surface area contributed by atoms with Crippen LogP contribution in [0.5, 0.6) is 0 Å². The molecule has 0 aliphatic carbocycles. The molecule has 2 aromatic rings. The molecule has 1 heterocycles. The van der Waals surface area contributed by atoms with Gasteiger partial charge in [-0.25, -0.2) is 9.78 Å². The van der Waals surface area contributed by atoms with Crippen molar-refractivity contribution in [1.29, 1.82) is 0 Å². The summed E-state index contributed by atoms with van der Waals surface area (Å²) >= 11 is 11.8. The summed E-state index contributed by atoms with van der Waals surface area (Å²) in [4.78, 5) is 19.7. The van der Waals surface area contributed by atoms with Crippen LogP contribution >= 0.6 is 23.2 Å². The summed E-state index contributed by atoms with van der Waals surface area (Å²) < 4.78 is 5.24. The quantitative estimate of drug-likeness (QED) is 0.768. The van der Waals surface area contributed by atoms with Crippen LogP contribution in [0.1, 0.15) is 20.8 Å². The summed E-state index contributed by atoms with van der Waals surface area (Å²) in [5, 5.41) is 6.06. The standard InChI is InChI=1S/C15H16Cl2N4O2/c1-15(2,3)23-14(22)20-11-7-5-4-6-10(11)19-12-9(16)8-18-13(17)21-12/h4-8H,1-3H3,(H,20,22)(H,18,19,21). The van der Waals surface area contributed by atoms with Gasteiger partial charge in [0.15, 0.2) is 5.82 Å². The summed E-state index contributed by atoms with van der Waals surface area (Å²) in [6, 6.07) is 7.08. The minimum atomic E-state index is -0.587. The average molecular weight is 355 g/mol. The number of halogens is 2. The van der Waals surface area contributed by atoms with Gasteiger partial charge in [-0.2, -0.15) is 4.98 Å². The van der Waals surface area contributed by atoms with Crippen molar-refractivity contribution in [3.05, 3.63) is 40.8 Å². The van der Waals surface area contributed by atoms with Gasteiger partial charge in [0.1, 0.15) is 10.6 Å². The van der Waals surface area contributed by atoms with Gasteiger partial charge in [-0.05, 0) is 44.5 Å². The topological polar surface area (TPSA) is 76.1 Å². The molecular formula is C15H16Cl2N4O2. The van der Waals surface area contributed by atoms with Gasteiger partial charge in [-0.15, -0.1) is 0 Å². The fraction of sp³-hybridized carbons (Fsp3) is 0.267. The molecule has 6 nitrogen and oxygen atoms in total. The summed E-state index contributed by atoms with van der Waals surface area (Å²) in [7, 11) is 0. The minimum absolute atomic E-state index is 0.0643. The van der Waals surface area contributed by atoms with Gasteiger partial charge in [0.25, 0.3) is 0 Å². The molecule has 2 N–H and O–H groups in total. The molecule has 0 fully saturated rings. The highest BCUT2D eigenvalue weighted by Gasteiger charge is 2.17. The van der Waals surface area contributed by atoms with Crippen molar-refractivity contribution >= 4 is 46.5 Å². The molecule has 0 unspecified atom stereocenters. The first-order valence-electron chi connectivity index (χ1n) is 6.79. The van der Waals surface area contributed by atoms with Gasteiger partial charge >= 0.3 is 6.09 Å². The zero-order valence-corrected chi connectivity index (χ0v) is 14.4. The van der Waals surface area contributed by atoms with Crippen LogP contribution in [0.4, 0.5) is 22.0 Å². The van der Waals surface area contributed by atoms with Crippen molar-refractivity contribution in [3.8, 4) is 0 Å². The fourth-order valence-electron chi connectivity index (χ4n) is 1.68. The Hall–Kier alpha value is -2.05. The third-order valence-electron chi connectivity index (χ3n) is 2.53. The van der Waals surface area contributed by atoms with Crippen molar-refractivity contribution < 1.29 is 9.53 Å². The number of aromatic nitrogens is 2. The molecule has 2 rings (SSSR count). The summed E-state index contributed by atoms with van der Waals surface area (Å²) in [5.74, 6) is 0.338. The van der Waals surface area contributed by atoms with E-state index in [1.165, 1.54) is 6.20 Å². The zero-order valence-electron chi connectivity index (χ0n) is 12.9. The molecule has 122 valence electrons. The van der Waals surface area contributed by atoms with Crippen LogP contribution in [0.15, 0.2) is 30.5 Å². The van der Waals surface area contributed by atoms with Crippen molar-refractivity contribution in [2.75, 3.05) is 10.6 Å². The second-order valence-electron chi connectivity index (χ2n) is 5.63. The van der Waals surface area contributed by atoms with Crippen LogP contribution in [0.25, 0.3) is 0 Å². The molecule has 1 aromatic carbocycles. The maximum atomic E-state index is 11.9. The van der Waals surface area contributed by atoms with E-state index in [0.717, 1.165) is 0 Å². The van der Waals surface area contributed by atoms with Gasteiger partial charge in [0.2, 0.25) is 5.28 Å². The SMILES string of the molecule is CC(C)(C)OC(=O)Nc1ccccc1Nc1nc(Cl)ncc1Cl. The Bertz CT molecular complexity index is 717. The van der Waals surface area contributed by atoms with Crippen molar-refractivity contribution in [1.82, 2.24) is 9.97 Å². The second kappa shape index (κ2) is 7.02. The number of rotatable bonds is 3. The number of carbonyl (C=O) groups excluding carboxylic acids is 1. The lowest BCUT2D eigenvalue weighted by atomic mass is 10.2. The van der Waals surface area contributed by atoms with Gasteiger partial charge in [-0.1, -0.05) is 23.7 Å². The Morgan fingerprint density at radius 3 is 2.48 bits per heavy atom. The maximum absolute atomic E-state index is 11.9. The molecule has 23 heavy (non-hydrogen) atoms. The van der Waals surface area contributed by atoms with Gasteiger partial charge < -0.3 is 10.1 Å². The van der Waals surface area contributed by atoms with Crippen LogP contribution in [-0.2, 0) is 4.74 Å². The van der Waals surface area contributed by atoms with Crippen molar-refractivity contribution in [3.63, 3.8) is 0 Å². The smallest absolute Gasteiger partial charge is 0.412 e. The highest BCUT2D eigenvalue weighted by Crippen LogP contribution is 2.28. The van der Waals surface area contributed by atoms with Crippen LogP contribution in [0.3, 0.4) is 0 Å². The molecule has 0 atom stereocenters. The number of benzene rings is 1. The molecule has 0 radical (unpaired) electrons. The Labute approximate surface area is 144 Å². The van der Waals surface area contributed by atoms with Gasteiger partial charge in [0.05, 0.1) is 17.6 Å². The van der Waals surface area contributed by atoms with Crippen LogP contribution in [0.2, 0.25) is 10.3 Å².